The van der Waals surface area contributed by atoms with Crippen molar-refractivity contribution in [3.05, 3.63) is 34.6 Å². The van der Waals surface area contributed by atoms with Crippen LogP contribution in [-0.4, -0.2) is 10.2 Å². The van der Waals surface area contributed by atoms with Gasteiger partial charge in [0.25, 0.3) is 0 Å². The molecule has 0 saturated carbocycles. The fourth-order valence-electron chi connectivity index (χ4n) is 1.01. The van der Waals surface area contributed by atoms with Crippen molar-refractivity contribution in [1.82, 2.24) is 10.2 Å². The number of benzene rings is 1. The van der Waals surface area contributed by atoms with Crippen molar-refractivity contribution in [2.45, 2.75) is 5.88 Å². The zero-order chi connectivity index (χ0) is 10.7. The van der Waals surface area contributed by atoms with Gasteiger partial charge in [-0.25, -0.2) is 0 Å². The third-order valence-electron chi connectivity index (χ3n) is 1.68. The molecule has 0 atom stereocenters. The minimum absolute atomic E-state index is 0.217. The summed E-state index contributed by atoms with van der Waals surface area (Å²) in [6.45, 7) is 0. The standard InChI is InChI=1S/C9H7BrClN3O/c10-6-1-3-7(4-2-6)12-9-14-13-8(5-11)15-9/h1-4H,5H2,(H,12,14). The smallest absolute Gasteiger partial charge is 0.320 e. The van der Waals surface area contributed by atoms with E-state index in [9.17, 15) is 0 Å². The molecule has 1 aromatic heterocycles. The van der Waals surface area contributed by atoms with E-state index in [1.165, 1.54) is 0 Å². The molecule has 1 heterocycles. The Kier molecular flexibility index (Phi) is 3.23. The molecule has 2 rings (SSSR count). The zero-order valence-corrected chi connectivity index (χ0v) is 9.92. The minimum atomic E-state index is 0.217. The first-order valence-corrected chi connectivity index (χ1v) is 5.51. The number of rotatable bonds is 3. The SMILES string of the molecule is ClCc1nnc(Nc2ccc(Br)cc2)o1. The Balaban J connectivity index is 2.11. The summed E-state index contributed by atoms with van der Waals surface area (Å²) in [6.07, 6.45) is 0. The topological polar surface area (TPSA) is 51.0 Å². The minimum Gasteiger partial charge on any atom is -0.407 e. The third kappa shape index (κ3) is 2.70. The highest BCUT2D eigenvalue weighted by atomic mass is 79.9. The van der Waals surface area contributed by atoms with E-state index < -0.39 is 0 Å². The number of alkyl halides is 1. The largest absolute Gasteiger partial charge is 0.407 e. The fraction of sp³-hybridized carbons (Fsp3) is 0.111. The van der Waals surface area contributed by atoms with Crippen LogP contribution in [0.4, 0.5) is 11.7 Å². The molecule has 0 unspecified atom stereocenters. The Morgan fingerprint density at radius 2 is 2.00 bits per heavy atom. The van der Waals surface area contributed by atoms with Crippen LogP contribution in [-0.2, 0) is 5.88 Å². The van der Waals surface area contributed by atoms with Gasteiger partial charge in [0.15, 0.2) is 0 Å². The molecule has 0 spiro atoms. The van der Waals surface area contributed by atoms with Gasteiger partial charge in [0.2, 0.25) is 5.89 Å². The van der Waals surface area contributed by atoms with E-state index in [2.05, 4.69) is 31.4 Å². The lowest BCUT2D eigenvalue weighted by atomic mass is 10.3. The Morgan fingerprint density at radius 3 is 2.60 bits per heavy atom. The quantitative estimate of drug-likeness (QED) is 0.880. The lowest BCUT2D eigenvalue weighted by molar-refractivity contribution is 0.530. The summed E-state index contributed by atoms with van der Waals surface area (Å²) in [6, 6.07) is 7.97. The van der Waals surface area contributed by atoms with E-state index in [-0.39, 0.29) is 5.88 Å². The van der Waals surface area contributed by atoms with Crippen LogP contribution in [0.15, 0.2) is 33.2 Å². The first kappa shape index (κ1) is 10.4. The summed E-state index contributed by atoms with van der Waals surface area (Å²) >= 11 is 8.88. The molecule has 0 bridgehead atoms. The second kappa shape index (κ2) is 4.63. The summed E-state index contributed by atoms with van der Waals surface area (Å²) in [5.74, 6) is 0.617. The number of hydrogen-bond acceptors (Lipinski definition) is 4. The molecule has 6 heteroatoms. The maximum Gasteiger partial charge on any atom is 0.320 e. The van der Waals surface area contributed by atoms with Gasteiger partial charge in [0.05, 0.1) is 0 Å². The van der Waals surface area contributed by atoms with Gasteiger partial charge >= 0.3 is 6.01 Å². The van der Waals surface area contributed by atoms with Gasteiger partial charge in [0.1, 0.15) is 5.88 Å². The van der Waals surface area contributed by atoms with Crippen LogP contribution in [0.3, 0.4) is 0 Å². The van der Waals surface area contributed by atoms with Crippen LogP contribution >= 0.6 is 27.5 Å². The van der Waals surface area contributed by atoms with Crippen LogP contribution in [0.2, 0.25) is 0 Å². The lowest BCUT2D eigenvalue weighted by Gasteiger charge is -1.99. The van der Waals surface area contributed by atoms with Crippen molar-refractivity contribution >= 4 is 39.2 Å². The van der Waals surface area contributed by atoms with Gasteiger partial charge in [-0.2, -0.15) is 0 Å². The van der Waals surface area contributed by atoms with Gasteiger partial charge in [0, 0.05) is 10.2 Å². The summed E-state index contributed by atoms with van der Waals surface area (Å²) in [5, 5.41) is 10.5. The molecule has 0 radical (unpaired) electrons. The second-order valence-electron chi connectivity index (χ2n) is 2.77. The van der Waals surface area contributed by atoms with Gasteiger partial charge in [-0.3, -0.25) is 0 Å². The number of nitrogens with one attached hydrogen (secondary N) is 1. The fourth-order valence-corrected chi connectivity index (χ4v) is 1.39. The van der Waals surface area contributed by atoms with Crippen LogP contribution in [0.1, 0.15) is 5.89 Å². The first-order chi connectivity index (χ1) is 7.28. The van der Waals surface area contributed by atoms with E-state index in [0.29, 0.717) is 11.9 Å². The van der Waals surface area contributed by atoms with E-state index >= 15 is 0 Å². The molecule has 0 saturated heterocycles. The normalized spacial score (nSPS) is 10.3. The van der Waals surface area contributed by atoms with E-state index in [1.807, 2.05) is 24.3 Å². The highest BCUT2D eigenvalue weighted by molar-refractivity contribution is 9.10. The molecule has 0 aliphatic heterocycles. The molecule has 2 aromatic rings. The molecule has 0 amide bonds. The van der Waals surface area contributed by atoms with Crippen LogP contribution in [0, 0.1) is 0 Å². The number of anilines is 2. The third-order valence-corrected chi connectivity index (χ3v) is 2.43. The van der Waals surface area contributed by atoms with Crippen LogP contribution in [0.25, 0.3) is 0 Å². The lowest BCUT2D eigenvalue weighted by Crippen LogP contribution is -1.89. The second-order valence-corrected chi connectivity index (χ2v) is 3.95. The highest BCUT2D eigenvalue weighted by Crippen LogP contribution is 2.18. The average molecular weight is 289 g/mol. The Morgan fingerprint density at radius 1 is 1.27 bits per heavy atom. The van der Waals surface area contributed by atoms with E-state index in [1.54, 1.807) is 0 Å². The molecular formula is C9H7BrClN3O. The van der Waals surface area contributed by atoms with Crippen LogP contribution in [0.5, 0.6) is 0 Å². The van der Waals surface area contributed by atoms with E-state index in [4.69, 9.17) is 16.0 Å². The molecule has 78 valence electrons. The summed E-state index contributed by atoms with van der Waals surface area (Å²) < 4.78 is 6.20. The average Bonchev–Trinajstić information content (AvgIpc) is 2.69. The maximum atomic E-state index is 5.53. The molecule has 0 aliphatic rings. The highest BCUT2D eigenvalue weighted by Gasteiger charge is 2.04. The van der Waals surface area contributed by atoms with Crippen molar-refractivity contribution in [3.63, 3.8) is 0 Å². The van der Waals surface area contributed by atoms with E-state index in [0.717, 1.165) is 10.2 Å². The van der Waals surface area contributed by atoms with Crippen molar-refractivity contribution in [3.8, 4) is 0 Å². The van der Waals surface area contributed by atoms with Crippen molar-refractivity contribution in [2.75, 3.05) is 5.32 Å². The molecule has 0 fully saturated rings. The number of nitrogens with zero attached hydrogens (tertiary/aromatic N) is 2. The predicted molar refractivity (Wildman–Crippen MR) is 61.3 cm³/mol. The van der Waals surface area contributed by atoms with Gasteiger partial charge in [-0.1, -0.05) is 21.0 Å². The van der Waals surface area contributed by atoms with Crippen LogP contribution < -0.4 is 5.32 Å². The van der Waals surface area contributed by atoms with Gasteiger partial charge in [-0.05, 0) is 24.3 Å². The molecule has 15 heavy (non-hydrogen) atoms. The summed E-state index contributed by atoms with van der Waals surface area (Å²) in [7, 11) is 0. The van der Waals surface area contributed by atoms with Gasteiger partial charge < -0.3 is 9.73 Å². The summed E-state index contributed by atoms with van der Waals surface area (Å²) in [4.78, 5) is 0. The van der Waals surface area contributed by atoms with Crippen molar-refractivity contribution in [2.24, 2.45) is 0 Å². The Labute approximate surface area is 99.8 Å². The van der Waals surface area contributed by atoms with Crippen molar-refractivity contribution < 1.29 is 4.42 Å². The predicted octanol–water partition coefficient (Wildman–Crippen LogP) is 3.31. The number of aromatic nitrogens is 2. The molecule has 1 N–H and O–H groups in total. The number of halogens is 2. The Bertz CT molecular complexity index is 443. The van der Waals surface area contributed by atoms with Crippen molar-refractivity contribution in [1.29, 1.82) is 0 Å². The Hall–Kier alpha value is -1.07. The molecule has 4 nitrogen and oxygen atoms in total. The molecule has 0 aliphatic carbocycles. The molecule has 1 aromatic carbocycles. The summed E-state index contributed by atoms with van der Waals surface area (Å²) in [5.41, 5.74) is 0.878. The maximum absolute atomic E-state index is 5.53. The first-order valence-electron chi connectivity index (χ1n) is 4.19. The zero-order valence-electron chi connectivity index (χ0n) is 7.58. The van der Waals surface area contributed by atoms with Gasteiger partial charge in [-0.15, -0.1) is 16.7 Å². The number of hydrogen-bond donors (Lipinski definition) is 1. The monoisotopic (exact) mass is 287 g/mol. The molecular weight excluding hydrogens is 281 g/mol.